The number of rotatable bonds is 3. The fourth-order valence-corrected chi connectivity index (χ4v) is 3.43. The topological polar surface area (TPSA) is 94.4 Å². The van der Waals surface area contributed by atoms with E-state index in [1.165, 1.54) is 11.8 Å². The average molecular weight is 303 g/mol. The van der Waals surface area contributed by atoms with E-state index in [0.29, 0.717) is 6.42 Å². The van der Waals surface area contributed by atoms with E-state index in [1.54, 1.807) is 7.05 Å². The van der Waals surface area contributed by atoms with Crippen molar-refractivity contribution in [2.45, 2.75) is 42.6 Å². The first-order valence-corrected chi connectivity index (χ1v) is 7.46. The number of carbonyl (C=O) groups is 1. The second-order valence-corrected chi connectivity index (χ2v) is 6.22. The van der Waals surface area contributed by atoms with Crippen LogP contribution in [-0.2, 0) is 9.53 Å². The highest BCUT2D eigenvalue weighted by molar-refractivity contribution is 8.14. The van der Waals surface area contributed by atoms with Crippen LogP contribution in [0, 0.1) is 0 Å². The molecule has 8 heteroatoms. The maximum Gasteiger partial charge on any atom is 0.219 e. The molecule has 1 amide bonds. The molecule has 2 aliphatic rings. The molecule has 2 aliphatic heterocycles. The van der Waals surface area contributed by atoms with Crippen molar-refractivity contribution in [3.05, 3.63) is 0 Å². The van der Waals surface area contributed by atoms with Gasteiger partial charge in [0.15, 0.2) is 5.17 Å². The van der Waals surface area contributed by atoms with Crippen LogP contribution in [-0.4, -0.2) is 77.1 Å². The lowest BCUT2D eigenvalue weighted by Crippen LogP contribution is -2.54. The van der Waals surface area contributed by atoms with Crippen molar-refractivity contribution in [1.29, 1.82) is 0 Å². The lowest BCUT2D eigenvalue weighted by molar-refractivity contribution is -0.156. The molecule has 3 N–H and O–H groups in total. The van der Waals surface area contributed by atoms with Gasteiger partial charge in [-0.1, -0.05) is 11.8 Å². The number of amidine groups is 1. The molecule has 0 aromatic carbocycles. The van der Waals surface area contributed by atoms with E-state index in [2.05, 4.69) is 10.3 Å². The number of amides is 1. The summed E-state index contributed by atoms with van der Waals surface area (Å²) in [6.45, 7) is 0. The summed E-state index contributed by atoms with van der Waals surface area (Å²) >= 11 is 1.43. The molecule has 0 radical (unpaired) electrons. The Kier molecular flexibility index (Phi) is 4.90. The molecule has 0 aliphatic carbocycles. The first kappa shape index (κ1) is 15.6. The molecule has 0 saturated carbocycles. The number of fused-ring (bicyclic) bond motifs is 1. The smallest absolute Gasteiger partial charge is 0.219 e. The van der Waals surface area contributed by atoms with Crippen LogP contribution in [0.15, 0.2) is 4.99 Å². The van der Waals surface area contributed by atoms with E-state index in [-0.39, 0.29) is 17.8 Å². The first-order chi connectivity index (χ1) is 9.43. The van der Waals surface area contributed by atoms with Crippen molar-refractivity contribution in [3.8, 4) is 0 Å². The van der Waals surface area contributed by atoms with Crippen LogP contribution >= 0.6 is 11.8 Å². The summed E-state index contributed by atoms with van der Waals surface area (Å²) in [6.07, 6.45) is -1.90. The zero-order chi connectivity index (χ0) is 14.9. The van der Waals surface area contributed by atoms with Crippen molar-refractivity contribution in [2.75, 3.05) is 21.1 Å². The summed E-state index contributed by atoms with van der Waals surface area (Å²) in [5, 5.41) is 23.6. The Bertz CT molecular complexity index is 404. The predicted octanol–water partition coefficient (Wildman–Crippen LogP) is -1.01. The van der Waals surface area contributed by atoms with Crippen molar-refractivity contribution < 1.29 is 19.7 Å². The van der Waals surface area contributed by atoms with Gasteiger partial charge in [0.05, 0.1) is 6.10 Å². The summed E-state index contributed by atoms with van der Waals surface area (Å²) in [4.78, 5) is 17.5. The molecular formula is C12H21N3O4S. The van der Waals surface area contributed by atoms with Gasteiger partial charge in [0, 0.05) is 27.6 Å². The summed E-state index contributed by atoms with van der Waals surface area (Å²) in [5.41, 5.74) is -0.305. The molecule has 2 heterocycles. The molecule has 1 fully saturated rings. The van der Waals surface area contributed by atoms with E-state index in [9.17, 15) is 15.0 Å². The number of hydrogen-bond donors (Lipinski definition) is 3. The lowest BCUT2D eigenvalue weighted by atomic mass is 9.95. The van der Waals surface area contributed by atoms with Gasteiger partial charge in [-0.15, -0.1) is 0 Å². The van der Waals surface area contributed by atoms with Gasteiger partial charge in [-0.05, 0) is 6.42 Å². The second kappa shape index (κ2) is 6.30. The van der Waals surface area contributed by atoms with E-state index in [0.717, 1.165) is 5.17 Å². The minimum Gasteiger partial charge on any atom is -0.388 e. The van der Waals surface area contributed by atoms with Gasteiger partial charge >= 0.3 is 0 Å². The third-order valence-corrected chi connectivity index (χ3v) is 4.77. The minimum absolute atomic E-state index is 0.110. The molecule has 1 saturated heterocycles. The molecule has 0 spiro atoms. The Balaban J connectivity index is 2.00. The summed E-state index contributed by atoms with van der Waals surface area (Å²) in [6, 6.07) is -0.455. The maximum atomic E-state index is 11.3. The van der Waals surface area contributed by atoms with Gasteiger partial charge in [-0.25, -0.2) is 0 Å². The Labute approximate surface area is 122 Å². The number of ether oxygens (including phenoxy) is 1. The van der Waals surface area contributed by atoms with Crippen LogP contribution < -0.4 is 5.32 Å². The van der Waals surface area contributed by atoms with Crippen LogP contribution in [0.25, 0.3) is 0 Å². The SMILES string of the molecule is CNC(=O)CC[C@H]1O[C@@H]2SC(N(C)C)=N[C@@H]2[C@@H](O)[C@H]1O. The van der Waals surface area contributed by atoms with Crippen LogP contribution in [0.5, 0.6) is 0 Å². The van der Waals surface area contributed by atoms with Gasteiger partial charge in [0.1, 0.15) is 23.7 Å². The normalized spacial score (nSPS) is 36.2. The molecule has 0 aromatic rings. The molecule has 7 nitrogen and oxygen atoms in total. The third-order valence-electron chi connectivity index (χ3n) is 3.47. The predicted molar refractivity (Wildman–Crippen MR) is 76.5 cm³/mol. The van der Waals surface area contributed by atoms with Gasteiger partial charge in [-0.2, -0.15) is 0 Å². The van der Waals surface area contributed by atoms with E-state index in [1.807, 2.05) is 19.0 Å². The van der Waals surface area contributed by atoms with Crippen LogP contribution in [0.4, 0.5) is 0 Å². The number of nitrogens with zero attached hydrogens (tertiary/aromatic N) is 2. The average Bonchev–Trinajstić information content (AvgIpc) is 2.85. The van der Waals surface area contributed by atoms with Crippen molar-refractivity contribution in [1.82, 2.24) is 10.2 Å². The lowest BCUT2D eigenvalue weighted by Gasteiger charge is -2.38. The van der Waals surface area contributed by atoms with Gasteiger partial charge in [0.2, 0.25) is 5.91 Å². The monoisotopic (exact) mass is 303 g/mol. The molecule has 0 bridgehead atoms. The van der Waals surface area contributed by atoms with Crippen molar-refractivity contribution >= 4 is 22.8 Å². The Morgan fingerprint density at radius 3 is 2.75 bits per heavy atom. The standard InChI is InChI=1S/C12H21N3O4S/c1-13-7(16)5-4-6-9(17)10(18)8-11(19-6)20-12(14-8)15(2)3/h6,8-11,17-18H,4-5H2,1-3H3,(H,13,16)/t6-,8-,9+,10-,11-/m1/s1. The number of carbonyl (C=O) groups excluding carboxylic acids is 1. The number of thioether (sulfide) groups is 1. The molecular weight excluding hydrogens is 282 g/mol. The molecule has 0 unspecified atom stereocenters. The Morgan fingerprint density at radius 1 is 1.45 bits per heavy atom. The van der Waals surface area contributed by atoms with E-state index in [4.69, 9.17) is 4.74 Å². The highest BCUT2D eigenvalue weighted by Crippen LogP contribution is 2.37. The molecule has 2 rings (SSSR count). The van der Waals surface area contributed by atoms with Crippen molar-refractivity contribution in [3.63, 3.8) is 0 Å². The Morgan fingerprint density at radius 2 is 2.15 bits per heavy atom. The molecule has 0 aromatic heterocycles. The van der Waals surface area contributed by atoms with Gasteiger partial charge in [0.25, 0.3) is 0 Å². The summed E-state index contributed by atoms with van der Waals surface area (Å²) in [5.74, 6) is -0.110. The zero-order valence-electron chi connectivity index (χ0n) is 11.8. The van der Waals surface area contributed by atoms with E-state index < -0.39 is 24.4 Å². The number of aliphatic imine (C=N–C) groups is 1. The summed E-state index contributed by atoms with van der Waals surface area (Å²) < 4.78 is 5.80. The molecule has 20 heavy (non-hydrogen) atoms. The highest BCUT2D eigenvalue weighted by Gasteiger charge is 2.48. The molecule has 5 atom stereocenters. The third kappa shape index (κ3) is 3.08. The quantitative estimate of drug-likeness (QED) is 0.619. The van der Waals surface area contributed by atoms with Crippen LogP contribution in [0.2, 0.25) is 0 Å². The number of aliphatic hydroxyl groups excluding tert-OH is 2. The maximum absolute atomic E-state index is 11.3. The van der Waals surface area contributed by atoms with Crippen molar-refractivity contribution in [2.24, 2.45) is 4.99 Å². The fourth-order valence-electron chi connectivity index (χ4n) is 2.27. The highest BCUT2D eigenvalue weighted by atomic mass is 32.2. The number of aliphatic hydroxyl groups is 2. The van der Waals surface area contributed by atoms with Gasteiger partial charge < -0.3 is 25.2 Å². The largest absolute Gasteiger partial charge is 0.388 e. The Hall–Kier alpha value is -0.830. The first-order valence-electron chi connectivity index (χ1n) is 6.58. The number of nitrogens with one attached hydrogen (secondary N) is 1. The van der Waals surface area contributed by atoms with Crippen LogP contribution in [0.3, 0.4) is 0 Å². The zero-order valence-corrected chi connectivity index (χ0v) is 12.6. The van der Waals surface area contributed by atoms with Gasteiger partial charge in [-0.3, -0.25) is 9.79 Å². The molecule has 114 valence electrons. The minimum atomic E-state index is -1.02. The van der Waals surface area contributed by atoms with Crippen LogP contribution in [0.1, 0.15) is 12.8 Å². The fraction of sp³-hybridized carbons (Fsp3) is 0.833. The second-order valence-electron chi connectivity index (χ2n) is 5.15. The number of hydrogen-bond acceptors (Lipinski definition) is 7. The van der Waals surface area contributed by atoms with E-state index >= 15 is 0 Å². The summed E-state index contributed by atoms with van der Waals surface area (Å²) in [7, 11) is 5.31.